The Morgan fingerprint density at radius 3 is 2.68 bits per heavy atom. The third-order valence-electron chi connectivity index (χ3n) is 3.76. The highest BCUT2D eigenvalue weighted by molar-refractivity contribution is 7.15. The summed E-state index contributed by atoms with van der Waals surface area (Å²) in [6.07, 6.45) is 3.61. The third kappa shape index (κ3) is 2.34. The smallest absolute Gasteiger partial charge is 0.205 e. The molecule has 19 heavy (non-hydrogen) atoms. The molecule has 1 N–H and O–H groups in total. The maximum atomic E-state index is 12.9. The van der Waals surface area contributed by atoms with Crippen molar-refractivity contribution in [1.29, 1.82) is 0 Å². The van der Waals surface area contributed by atoms with Crippen LogP contribution >= 0.6 is 11.3 Å². The maximum Gasteiger partial charge on any atom is 0.205 e. The van der Waals surface area contributed by atoms with Gasteiger partial charge in [0.2, 0.25) is 5.13 Å². The number of anilines is 1. The zero-order valence-electron chi connectivity index (χ0n) is 10.3. The summed E-state index contributed by atoms with van der Waals surface area (Å²) in [7, 11) is 0. The second-order valence-corrected chi connectivity index (χ2v) is 6.37. The number of nitrogens with one attached hydrogen (secondary N) is 1. The third-order valence-corrected chi connectivity index (χ3v) is 4.78. The zero-order valence-corrected chi connectivity index (χ0v) is 11.2. The van der Waals surface area contributed by atoms with Gasteiger partial charge in [-0.2, -0.15) is 0 Å². The molecule has 2 saturated carbocycles. The Morgan fingerprint density at radius 2 is 1.95 bits per heavy atom. The molecule has 1 aromatic heterocycles. The van der Waals surface area contributed by atoms with Crippen LogP contribution in [0, 0.1) is 5.82 Å². The minimum Gasteiger partial charge on any atom is -0.357 e. The number of aromatic nitrogens is 2. The van der Waals surface area contributed by atoms with Crippen molar-refractivity contribution in [1.82, 2.24) is 10.2 Å². The fourth-order valence-electron chi connectivity index (χ4n) is 2.38. The molecule has 0 radical (unpaired) electrons. The fourth-order valence-corrected chi connectivity index (χ4v) is 3.35. The first-order chi connectivity index (χ1) is 9.29. The Kier molecular flexibility index (Phi) is 2.55. The van der Waals surface area contributed by atoms with Crippen molar-refractivity contribution in [2.45, 2.75) is 37.1 Å². The van der Waals surface area contributed by atoms with Crippen LogP contribution in [-0.4, -0.2) is 16.2 Å². The average molecular weight is 275 g/mol. The number of benzene rings is 1. The quantitative estimate of drug-likeness (QED) is 0.927. The number of rotatable bonds is 4. The summed E-state index contributed by atoms with van der Waals surface area (Å²) in [5.41, 5.74) is 1.20. The van der Waals surface area contributed by atoms with Crippen molar-refractivity contribution in [2.24, 2.45) is 0 Å². The van der Waals surface area contributed by atoms with E-state index in [2.05, 4.69) is 15.5 Å². The molecule has 2 aliphatic rings. The van der Waals surface area contributed by atoms with Gasteiger partial charge in [0, 0.05) is 17.9 Å². The van der Waals surface area contributed by atoms with Gasteiger partial charge in [0.05, 0.1) is 0 Å². The number of hydrogen-bond acceptors (Lipinski definition) is 4. The topological polar surface area (TPSA) is 37.8 Å². The Bertz CT molecular complexity index is 591. The molecule has 0 unspecified atom stereocenters. The van der Waals surface area contributed by atoms with Crippen molar-refractivity contribution in [3.63, 3.8) is 0 Å². The number of halogens is 1. The van der Waals surface area contributed by atoms with Crippen LogP contribution < -0.4 is 5.32 Å². The molecule has 0 amide bonds. The van der Waals surface area contributed by atoms with E-state index >= 15 is 0 Å². The molecule has 98 valence electrons. The number of hydrogen-bond donors (Lipinski definition) is 1. The summed E-state index contributed by atoms with van der Waals surface area (Å²) in [5, 5.41) is 14.0. The van der Waals surface area contributed by atoms with Crippen LogP contribution in [-0.2, 0) is 0 Å². The molecule has 0 saturated heterocycles. The van der Waals surface area contributed by atoms with Crippen molar-refractivity contribution in [3.05, 3.63) is 40.7 Å². The highest BCUT2D eigenvalue weighted by Crippen LogP contribution is 2.45. The molecular weight excluding hydrogens is 261 g/mol. The lowest BCUT2D eigenvalue weighted by molar-refractivity contribution is 0.627. The van der Waals surface area contributed by atoms with E-state index in [4.69, 9.17) is 0 Å². The van der Waals surface area contributed by atoms with Gasteiger partial charge >= 0.3 is 0 Å². The molecule has 0 aliphatic heterocycles. The lowest BCUT2D eigenvalue weighted by atomic mass is 10.1. The second kappa shape index (κ2) is 4.27. The SMILES string of the molecule is Fc1ccc([C@@H]2C[C@H]2Nc2nnc(C3CC3)s2)cc1. The maximum absolute atomic E-state index is 12.9. The van der Waals surface area contributed by atoms with Crippen molar-refractivity contribution < 1.29 is 4.39 Å². The largest absolute Gasteiger partial charge is 0.357 e. The minimum absolute atomic E-state index is 0.174. The van der Waals surface area contributed by atoms with Crippen LogP contribution in [0.15, 0.2) is 24.3 Å². The van der Waals surface area contributed by atoms with Crippen LogP contribution in [0.1, 0.15) is 41.7 Å². The van der Waals surface area contributed by atoms with Gasteiger partial charge in [0.1, 0.15) is 10.8 Å². The molecule has 2 aliphatic carbocycles. The predicted molar refractivity (Wildman–Crippen MR) is 73.1 cm³/mol. The molecule has 1 aromatic carbocycles. The minimum atomic E-state index is -0.174. The molecular formula is C14H14FN3S. The van der Waals surface area contributed by atoms with E-state index in [1.165, 1.54) is 35.5 Å². The van der Waals surface area contributed by atoms with Crippen molar-refractivity contribution in [2.75, 3.05) is 5.32 Å². The highest BCUT2D eigenvalue weighted by Gasteiger charge is 2.39. The molecule has 2 atom stereocenters. The van der Waals surface area contributed by atoms with Crippen molar-refractivity contribution >= 4 is 16.5 Å². The summed E-state index contributed by atoms with van der Waals surface area (Å²) >= 11 is 1.68. The van der Waals surface area contributed by atoms with Crippen LogP contribution in [0.2, 0.25) is 0 Å². The molecule has 5 heteroatoms. The van der Waals surface area contributed by atoms with Gasteiger partial charge in [0.15, 0.2) is 0 Å². The summed E-state index contributed by atoms with van der Waals surface area (Å²) in [4.78, 5) is 0. The van der Waals surface area contributed by atoms with Gasteiger partial charge in [-0.3, -0.25) is 0 Å². The zero-order chi connectivity index (χ0) is 12.8. The van der Waals surface area contributed by atoms with Gasteiger partial charge in [-0.1, -0.05) is 23.5 Å². The van der Waals surface area contributed by atoms with Gasteiger partial charge in [-0.25, -0.2) is 4.39 Å². The second-order valence-electron chi connectivity index (χ2n) is 5.36. The summed E-state index contributed by atoms with van der Waals surface area (Å²) in [5.74, 6) is 0.973. The van der Waals surface area contributed by atoms with Gasteiger partial charge in [-0.05, 0) is 37.0 Å². The van der Waals surface area contributed by atoms with E-state index in [0.717, 1.165) is 11.6 Å². The van der Waals surface area contributed by atoms with Crippen molar-refractivity contribution in [3.8, 4) is 0 Å². The van der Waals surface area contributed by atoms with E-state index in [1.807, 2.05) is 12.1 Å². The molecule has 2 aromatic rings. The molecule has 4 rings (SSSR count). The van der Waals surface area contributed by atoms with E-state index in [9.17, 15) is 4.39 Å². The predicted octanol–water partition coefficient (Wildman–Crippen LogP) is 3.52. The van der Waals surface area contributed by atoms with E-state index in [-0.39, 0.29) is 5.82 Å². The summed E-state index contributed by atoms with van der Waals surface area (Å²) in [6, 6.07) is 7.22. The first kappa shape index (κ1) is 11.3. The normalized spacial score (nSPS) is 25.3. The Morgan fingerprint density at radius 1 is 1.16 bits per heavy atom. The van der Waals surface area contributed by atoms with E-state index in [1.54, 1.807) is 11.3 Å². The first-order valence-electron chi connectivity index (χ1n) is 6.65. The molecule has 0 bridgehead atoms. The molecule has 0 spiro atoms. The van der Waals surface area contributed by atoms with E-state index < -0.39 is 0 Å². The lowest BCUT2D eigenvalue weighted by Gasteiger charge is -2.01. The van der Waals surface area contributed by atoms with Gasteiger partial charge < -0.3 is 5.32 Å². The van der Waals surface area contributed by atoms with Gasteiger partial charge in [-0.15, -0.1) is 10.2 Å². The van der Waals surface area contributed by atoms with Crippen LogP contribution in [0.25, 0.3) is 0 Å². The summed E-state index contributed by atoms with van der Waals surface area (Å²) < 4.78 is 12.9. The lowest BCUT2D eigenvalue weighted by Crippen LogP contribution is -2.03. The van der Waals surface area contributed by atoms with Crippen LogP contribution in [0.4, 0.5) is 9.52 Å². The first-order valence-corrected chi connectivity index (χ1v) is 7.46. The molecule has 2 fully saturated rings. The standard InChI is InChI=1S/C14H14FN3S/c15-10-5-3-8(4-6-10)11-7-12(11)16-14-18-17-13(19-14)9-1-2-9/h3-6,9,11-12H,1-2,7H2,(H,16,18)/t11-,12+/m0/s1. The fraction of sp³-hybridized carbons (Fsp3) is 0.429. The molecule has 1 heterocycles. The van der Waals surface area contributed by atoms with Crippen LogP contribution in [0.3, 0.4) is 0 Å². The Labute approximate surface area is 114 Å². The Hall–Kier alpha value is -1.49. The van der Waals surface area contributed by atoms with E-state index in [0.29, 0.717) is 17.9 Å². The van der Waals surface area contributed by atoms with Crippen LogP contribution in [0.5, 0.6) is 0 Å². The molecule has 3 nitrogen and oxygen atoms in total. The highest BCUT2D eigenvalue weighted by atomic mass is 32.1. The summed E-state index contributed by atoms with van der Waals surface area (Å²) in [6.45, 7) is 0. The Balaban J connectivity index is 1.40. The average Bonchev–Trinajstić information content (AvgIpc) is 3.31. The number of nitrogens with zero attached hydrogens (tertiary/aromatic N) is 2. The monoisotopic (exact) mass is 275 g/mol. The van der Waals surface area contributed by atoms with Gasteiger partial charge in [0.25, 0.3) is 0 Å².